The molecular formula is C20H19NO4. The van der Waals surface area contributed by atoms with Crippen LogP contribution in [0.4, 0.5) is 0 Å². The second-order valence-corrected chi connectivity index (χ2v) is 6.04. The fourth-order valence-corrected chi connectivity index (χ4v) is 2.58. The summed E-state index contributed by atoms with van der Waals surface area (Å²) in [6, 6.07) is 12.1. The van der Waals surface area contributed by atoms with Crippen LogP contribution in [0.15, 0.2) is 59.1 Å². The number of aliphatic imine (C=N–C) groups is 1. The van der Waals surface area contributed by atoms with Crippen molar-refractivity contribution in [2.75, 3.05) is 6.54 Å². The van der Waals surface area contributed by atoms with Crippen LogP contribution in [-0.2, 0) is 11.2 Å². The summed E-state index contributed by atoms with van der Waals surface area (Å²) in [6.07, 6.45) is 3.37. The molecule has 5 nitrogen and oxygen atoms in total. The highest BCUT2D eigenvalue weighted by Crippen LogP contribution is 2.26. The summed E-state index contributed by atoms with van der Waals surface area (Å²) in [5, 5.41) is 18.8. The number of esters is 1. The average Bonchev–Trinajstić information content (AvgIpc) is 3.02. The van der Waals surface area contributed by atoms with E-state index in [1.54, 1.807) is 6.08 Å². The third-order valence-electron chi connectivity index (χ3n) is 3.93. The van der Waals surface area contributed by atoms with Crippen LogP contribution in [0.1, 0.15) is 17.5 Å². The zero-order chi connectivity index (χ0) is 17.8. The molecule has 2 N–H and O–H groups in total. The Morgan fingerprint density at radius 3 is 2.44 bits per heavy atom. The standard InChI is InChI=1S/C20H19NO4/c1-13-2-4-14(5-3-13)6-7-16-8-15(12-21-16)20(24)25-19-10-17(22)9-18(23)11-19/h2-5,8-11,22-23H,6-7,12H2,1H3. The number of hydrogen-bond donors (Lipinski definition) is 2. The highest BCUT2D eigenvalue weighted by molar-refractivity contribution is 6.06. The molecule has 0 aromatic heterocycles. The molecule has 1 heterocycles. The second-order valence-electron chi connectivity index (χ2n) is 6.04. The van der Waals surface area contributed by atoms with Crippen LogP contribution in [0, 0.1) is 6.92 Å². The Bertz CT molecular complexity index is 830. The maximum absolute atomic E-state index is 12.2. The molecule has 0 spiro atoms. The number of aromatic hydroxyl groups is 2. The number of hydrogen-bond acceptors (Lipinski definition) is 5. The minimum Gasteiger partial charge on any atom is -0.508 e. The van der Waals surface area contributed by atoms with E-state index in [-0.39, 0.29) is 23.8 Å². The monoisotopic (exact) mass is 337 g/mol. The number of rotatable bonds is 5. The molecule has 2 aromatic rings. The molecule has 0 radical (unpaired) electrons. The van der Waals surface area contributed by atoms with E-state index in [0.29, 0.717) is 5.57 Å². The van der Waals surface area contributed by atoms with E-state index in [9.17, 15) is 15.0 Å². The molecule has 1 aliphatic heterocycles. The van der Waals surface area contributed by atoms with Crippen LogP contribution in [0.2, 0.25) is 0 Å². The summed E-state index contributed by atoms with van der Waals surface area (Å²) >= 11 is 0. The number of phenolic OH excluding ortho intramolecular Hbond substituents is 2. The number of carbonyl (C=O) groups is 1. The largest absolute Gasteiger partial charge is 0.508 e. The number of carbonyl (C=O) groups excluding carboxylic acids is 1. The summed E-state index contributed by atoms with van der Waals surface area (Å²) in [7, 11) is 0. The van der Waals surface area contributed by atoms with Gasteiger partial charge in [-0.05, 0) is 31.4 Å². The number of phenols is 2. The van der Waals surface area contributed by atoms with Gasteiger partial charge in [-0.1, -0.05) is 29.8 Å². The van der Waals surface area contributed by atoms with Crippen LogP contribution in [0.5, 0.6) is 17.2 Å². The molecule has 128 valence electrons. The van der Waals surface area contributed by atoms with Crippen molar-refractivity contribution in [2.24, 2.45) is 4.99 Å². The van der Waals surface area contributed by atoms with Gasteiger partial charge < -0.3 is 14.9 Å². The molecule has 0 saturated heterocycles. The summed E-state index contributed by atoms with van der Waals surface area (Å²) in [4.78, 5) is 16.5. The highest BCUT2D eigenvalue weighted by atomic mass is 16.5. The maximum atomic E-state index is 12.2. The van der Waals surface area contributed by atoms with Crippen molar-refractivity contribution in [2.45, 2.75) is 19.8 Å². The van der Waals surface area contributed by atoms with Crippen molar-refractivity contribution >= 4 is 11.7 Å². The van der Waals surface area contributed by atoms with Gasteiger partial charge in [0.15, 0.2) is 0 Å². The van der Waals surface area contributed by atoms with Crippen molar-refractivity contribution in [1.29, 1.82) is 0 Å². The van der Waals surface area contributed by atoms with E-state index < -0.39 is 5.97 Å². The van der Waals surface area contributed by atoms with Gasteiger partial charge in [-0.15, -0.1) is 0 Å². The Morgan fingerprint density at radius 2 is 1.76 bits per heavy atom. The van der Waals surface area contributed by atoms with Crippen LogP contribution < -0.4 is 4.74 Å². The lowest BCUT2D eigenvalue weighted by molar-refractivity contribution is -0.130. The quantitative estimate of drug-likeness (QED) is 0.648. The van der Waals surface area contributed by atoms with Crippen molar-refractivity contribution in [3.05, 3.63) is 65.2 Å². The Kier molecular flexibility index (Phi) is 4.84. The molecule has 0 bridgehead atoms. The van der Waals surface area contributed by atoms with Gasteiger partial charge in [0.2, 0.25) is 0 Å². The molecule has 0 saturated carbocycles. The Morgan fingerprint density at radius 1 is 1.08 bits per heavy atom. The summed E-state index contributed by atoms with van der Waals surface area (Å²) in [5.74, 6) is -0.771. The minimum absolute atomic E-state index is 0.0940. The van der Waals surface area contributed by atoms with Crippen LogP contribution >= 0.6 is 0 Å². The summed E-state index contributed by atoms with van der Waals surface area (Å²) in [6.45, 7) is 2.34. The van der Waals surface area contributed by atoms with Gasteiger partial charge in [-0.3, -0.25) is 4.99 Å². The molecule has 2 aromatic carbocycles. The SMILES string of the molecule is Cc1ccc(CCC2=NCC(C(=O)Oc3cc(O)cc(O)c3)=C2)cc1. The van der Waals surface area contributed by atoms with Crippen LogP contribution in [0.25, 0.3) is 0 Å². The third-order valence-corrected chi connectivity index (χ3v) is 3.93. The van der Waals surface area contributed by atoms with Gasteiger partial charge >= 0.3 is 5.97 Å². The topological polar surface area (TPSA) is 79.1 Å². The maximum Gasteiger partial charge on any atom is 0.341 e. The van der Waals surface area contributed by atoms with Crippen LogP contribution in [0.3, 0.4) is 0 Å². The normalized spacial score (nSPS) is 13.3. The van der Waals surface area contributed by atoms with E-state index in [2.05, 4.69) is 36.2 Å². The van der Waals surface area contributed by atoms with Gasteiger partial charge in [0, 0.05) is 23.9 Å². The van der Waals surface area contributed by atoms with E-state index in [4.69, 9.17) is 4.74 Å². The van der Waals surface area contributed by atoms with Crippen LogP contribution in [-0.4, -0.2) is 28.4 Å². The Labute approximate surface area is 145 Å². The van der Waals surface area contributed by atoms with Crippen molar-refractivity contribution in [3.63, 3.8) is 0 Å². The predicted octanol–water partition coefficient (Wildman–Crippen LogP) is 3.33. The average molecular weight is 337 g/mol. The van der Waals surface area contributed by atoms with Gasteiger partial charge in [0.25, 0.3) is 0 Å². The van der Waals surface area contributed by atoms with Gasteiger partial charge in [0.05, 0.1) is 12.1 Å². The van der Waals surface area contributed by atoms with Crippen molar-refractivity contribution in [3.8, 4) is 17.2 Å². The molecule has 0 atom stereocenters. The predicted molar refractivity (Wildman–Crippen MR) is 95.3 cm³/mol. The number of benzene rings is 2. The number of aryl methyl sites for hydroxylation is 2. The summed E-state index contributed by atoms with van der Waals surface area (Å²) in [5.41, 5.74) is 3.78. The fourth-order valence-electron chi connectivity index (χ4n) is 2.58. The zero-order valence-corrected chi connectivity index (χ0v) is 13.9. The van der Waals surface area contributed by atoms with Crippen molar-refractivity contribution in [1.82, 2.24) is 0 Å². The van der Waals surface area contributed by atoms with Crippen molar-refractivity contribution < 1.29 is 19.7 Å². The van der Waals surface area contributed by atoms with Gasteiger partial charge in [-0.25, -0.2) is 4.79 Å². The molecule has 0 unspecified atom stereocenters. The Balaban J connectivity index is 1.58. The first-order valence-electron chi connectivity index (χ1n) is 8.04. The first-order valence-corrected chi connectivity index (χ1v) is 8.04. The molecule has 1 aliphatic rings. The smallest absolute Gasteiger partial charge is 0.341 e. The molecule has 5 heteroatoms. The summed E-state index contributed by atoms with van der Waals surface area (Å²) < 4.78 is 5.18. The van der Waals surface area contributed by atoms with E-state index in [0.717, 1.165) is 18.6 Å². The lowest BCUT2D eigenvalue weighted by atomic mass is 10.1. The van der Waals surface area contributed by atoms with E-state index in [1.165, 1.54) is 29.3 Å². The number of nitrogens with zero attached hydrogens (tertiary/aromatic N) is 1. The molecule has 0 amide bonds. The molecule has 0 fully saturated rings. The molecule has 3 rings (SSSR count). The zero-order valence-electron chi connectivity index (χ0n) is 13.9. The minimum atomic E-state index is -0.529. The Hall–Kier alpha value is -3.08. The highest BCUT2D eigenvalue weighted by Gasteiger charge is 2.18. The van der Waals surface area contributed by atoms with Gasteiger partial charge in [0.1, 0.15) is 17.2 Å². The number of allylic oxidation sites excluding steroid dienone is 1. The third kappa shape index (κ3) is 4.47. The first kappa shape index (κ1) is 16.8. The van der Waals surface area contributed by atoms with Gasteiger partial charge in [-0.2, -0.15) is 0 Å². The van der Waals surface area contributed by atoms with E-state index >= 15 is 0 Å². The van der Waals surface area contributed by atoms with E-state index in [1.807, 2.05) is 0 Å². The fraction of sp³-hybridized carbons (Fsp3) is 0.200. The lowest BCUT2D eigenvalue weighted by Crippen LogP contribution is -2.12. The first-order chi connectivity index (χ1) is 12.0. The molecular weight excluding hydrogens is 318 g/mol. The lowest BCUT2D eigenvalue weighted by Gasteiger charge is -2.05. The molecule has 25 heavy (non-hydrogen) atoms. The second kappa shape index (κ2) is 7.21. The molecule has 0 aliphatic carbocycles. The number of ether oxygens (including phenoxy) is 1.